The third-order valence-corrected chi connectivity index (χ3v) is 13.3. The van der Waals surface area contributed by atoms with Crippen molar-refractivity contribution < 1.29 is 28.6 Å². The lowest BCUT2D eigenvalue weighted by atomic mass is 9.43. The van der Waals surface area contributed by atoms with Crippen LogP contribution in [0.2, 0.25) is 0 Å². The van der Waals surface area contributed by atoms with E-state index in [2.05, 4.69) is 87.5 Å². The zero-order valence-electron chi connectivity index (χ0n) is 29.7. The summed E-state index contributed by atoms with van der Waals surface area (Å²) in [5.41, 5.74) is 3.42. The third-order valence-electron chi connectivity index (χ3n) is 13.3. The fourth-order valence-corrected chi connectivity index (χ4v) is 11.2. The molecule has 4 unspecified atom stereocenters. The van der Waals surface area contributed by atoms with Crippen LogP contribution in [0, 0.1) is 46.3 Å². The Morgan fingerprint density at radius 1 is 0.771 bits per heavy atom. The second kappa shape index (κ2) is 13.8. The smallest absolute Gasteiger partial charge is 0.302 e. The van der Waals surface area contributed by atoms with Gasteiger partial charge in [-0.05, 0) is 103 Å². The van der Waals surface area contributed by atoms with Crippen LogP contribution in [0.25, 0.3) is 5.57 Å². The Morgan fingerprint density at radius 2 is 1.38 bits per heavy atom. The van der Waals surface area contributed by atoms with Crippen LogP contribution >= 0.6 is 0 Å². The van der Waals surface area contributed by atoms with Crippen molar-refractivity contribution in [1.29, 1.82) is 0 Å². The fourth-order valence-electron chi connectivity index (χ4n) is 11.2. The monoisotopic (exact) mass is 654 g/mol. The molecular formula is C42H54O6. The second-order valence-electron chi connectivity index (χ2n) is 15.8. The molecule has 0 N–H and O–H groups in total. The number of carbonyl (C=O) groups excluding carboxylic acids is 3. The van der Waals surface area contributed by atoms with Crippen molar-refractivity contribution in [2.45, 2.75) is 111 Å². The quantitative estimate of drug-likeness (QED) is 0.209. The largest absolute Gasteiger partial charge is 0.463 e. The molecule has 4 saturated carbocycles. The van der Waals surface area contributed by atoms with Crippen molar-refractivity contribution in [3.8, 4) is 0 Å². The lowest BCUT2D eigenvalue weighted by Crippen LogP contribution is -2.63. The molecule has 0 amide bonds. The van der Waals surface area contributed by atoms with Gasteiger partial charge < -0.3 is 14.2 Å². The molecule has 0 radical (unpaired) electrons. The highest BCUT2D eigenvalue weighted by Crippen LogP contribution is 2.69. The molecular weight excluding hydrogens is 600 g/mol. The van der Waals surface area contributed by atoms with Gasteiger partial charge in [-0.2, -0.15) is 0 Å². The van der Waals surface area contributed by atoms with Crippen molar-refractivity contribution in [2.75, 3.05) is 0 Å². The van der Waals surface area contributed by atoms with E-state index in [9.17, 15) is 14.4 Å². The summed E-state index contributed by atoms with van der Waals surface area (Å²) in [6, 6.07) is 21.2. The summed E-state index contributed by atoms with van der Waals surface area (Å²) in [4.78, 5) is 37.2. The molecule has 4 fully saturated rings. The van der Waals surface area contributed by atoms with Gasteiger partial charge in [-0.15, -0.1) is 0 Å². The summed E-state index contributed by atoms with van der Waals surface area (Å²) >= 11 is 0. The predicted octanol–water partition coefficient (Wildman–Crippen LogP) is 8.82. The maximum absolute atomic E-state index is 12.8. The average Bonchev–Trinajstić information content (AvgIpc) is 3.40. The van der Waals surface area contributed by atoms with E-state index in [-0.39, 0.29) is 70.7 Å². The van der Waals surface area contributed by atoms with Crippen LogP contribution in [0.1, 0.15) is 104 Å². The van der Waals surface area contributed by atoms with Gasteiger partial charge in [0.2, 0.25) is 0 Å². The van der Waals surface area contributed by atoms with Gasteiger partial charge in [0, 0.05) is 32.1 Å². The topological polar surface area (TPSA) is 78.9 Å². The number of esters is 3. The first-order chi connectivity index (χ1) is 22.9. The number of hydrogen-bond donors (Lipinski definition) is 0. The van der Waals surface area contributed by atoms with Crippen LogP contribution < -0.4 is 0 Å². The Balaban J connectivity index is 1.33. The highest BCUT2D eigenvalue weighted by molar-refractivity contribution is 5.79. The Hall–Kier alpha value is -3.41. The van der Waals surface area contributed by atoms with E-state index in [1.54, 1.807) is 6.92 Å². The normalized spacial score (nSPS) is 36.0. The number of allylic oxidation sites excluding steroid dienone is 1. The molecule has 2 aromatic carbocycles. The molecule has 0 aromatic heterocycles. The Kier molecular flexibility index (Phi) is 9.93. The highest BCUT2D eigenvalue weighted by Gasteiger charge is 2.67. The van der Waals surface area contributed by atoms with Crippen LogP contribution in [-0.4, -0.2) is 36.2 Å². The van der Waals surface area contributed by atoms with Crippen LogP contribution in [0.5, 0.6) is 0 Å². The van der Waals surface area contributed by atoms with E-state index in [0.29, 0.717) is 11.8 Å². The lowest BCUT2D eigenvalue weighted by Gasteiger charge is -2.64. The Morgan fingerprint density at radius 3 is 1.96 bits per heavy atom. The fraction of sp³-hybridized carbons (Fsp3) is 0.595. The minimum absolute atomic E-state index is 0.00952. The standard InChI is InChI=1S/C42H54O6/c1-26(17-18-34(30-13-9-7-10-14-30)31-15-11-8-12-16-31)35-19-20-36-40-37(25-39(42(35,36)6)48-29(4)45)41(5)22-21-33(46-27(2)43)23-32(41)24-38(40)47-28(3)44/h7-16,18,26,32-33,35-40H,17,19-25H2,1-6H3/t26?,32?,33-,35?,36+,37+,38-,39+,40?,41+,42-/m1/s1. The molecule has 4 aliphatic carbocycles. The van der Waals surface area contributed by atoms with Crippen LogP contribution in [-0.2, 0) is 28.6 Å². The van der Waals surface area contributed by atoms with Crippen molar-refractivity contribution in [1.82, 2.24) is 0 Å². The van der Waals surface area contributed by atoms with Gasteiger partial charge in [0.25, 0.3) is 0 Å². The molecule has 0 bridgehead atoms. The first-order valence-corrected chi connectivity index (χ1v) is 18.2. The molecule has 6 nitrogen and oxygen atoms in total. The van der Waals surface area contributed by atoms with Gasteiger partial charge in [-0.1, -0.05) is 87.5 Å². The van der Waals surface area contributed by atoms with Crippen LogP contribution in [0.15, 0.2) is 66.7 Å². The molecule has 0 aliphatic heterocycles. The molecule has 11 atom stereocenters. The van der Waals surface area contributed by atoms with E-state index in [0.717, 1.165) is 51.4 Å². The molecule has 4 aliphatic rings. The summed E-state index contributed by atoms with van der Waals surface area (Å²) in [7, 11) is 0. The van der Waals surface area contributed by atoms with Crippen LogP contribution in [0.4, 0.5) is 0 Å². The highest BCUT2D eigenvalue weighted by atomic mass is 16.6. The third kappa shape index (κ3) is 6.48. The van der Waals surface area contributed by atoms with Crippen molar-refractivity contribution >= 4 is 23.5 Å². The Labute approximate surface area is 287 Å². The molecule has 258 valence electrons. The van der Waals surface area contributed by atoms with Crippen molar-refractivity contribution in [3.63, 3.8) is 0 Å². The maximum Gasteiger partial charge on any atom is 0.302 e. The number of benzene rings is 2. The van der Waals surface area contributed by atoms with Gasteiger partial charge >= 0.3 is 17.9 Å². The molecule has 6 heteroatoms. The molecule has 6 rings (SSSR count). The number of carbonyl (C=O) groups is 3. The summed E-state index contributed by atoms with van der Waals surface area (Å²) in [5, 5.41) is 0. The van der Waals surface area contributed by atoms with Gasteiger partial charge in [0.15, 0.2) is 0 Å². The minimum atomic E-state index is -0.240. The molecule has 0 saturated heterocycles. The van der Waals surface area contributed by atoms with E-state index in [1.807, 2.05) is 0 Å². The second-order valence-corrected chi connectivity index (χ2v) is 15.8. The van der Waals surface area contributed by atoms with E-state index in [4.69, 9.17) is 14.2 Å². The number of rotatable bonds is 8. The van der Waals surface area contributed by atoms with Crippen molar-refractivity contribution in [3.05, 3.63) is 77.9 Å². The maximum atomic E-state index is 12.8. The van der Waals surface area contributed by atoms with E-state index < -0.39 is 0 Å². The zero-order chi connectivity index (χ0) is 34.2. The van der Waals surface area contributed by atoms with Gasteiger partial charge in [0.05, 0.1) is 0 Å². The zero-order valence-corrected chi connectivity index (χ0v) is 29.7. The molecule has 48 heavy (non-hydrogen) atoms. The Bertz CT molecular complexity index is 1460. The molecule has 0 spiro atoms. The summed E-state index contributed by atoms with van der Waals surface area (Å²) in [6.45, 7) is 11.7. The minimum Gasteiger partial charge on any atom is -0.463 e. The number of hydrogen-bond acceptors (Lipinski definition) is 6. The van der Waals surface area contributed by atoms with E-state index in [1.165, 1.54) is 30.5 Å². The van der Waals surface area contributed by atoms with E-state index >= 15 is 0 Å². The summed E-state index contributed by atoms with van der Waals surface area (Å²) in [6.07, 6.45) is 9.06. The summed E-state index contributed by atoms with van der Waals surface area (Å²) < 4.78 is 18.3. The van der Waals surface area contributed by atoms with Gasteiger partial charge in [-0.3, -0.25) is 14.4 Å². The van der Waals surface area contributed by atoms with Crippen molar-refractivity contribution in [2.24, 2.45) is 46.3 Å². The first kappa shape index (κ1) is 34.5. The van der Waals surface area contributed by atoms with Crippen LogP contribution in [0.3, 0.4) is 0 Å². The lowest BCUT2D eigenvalue weighted by molar-refractivity contribution is -0.224. The molecule has 0 heterocycles. The first-order valence-electron chi connectivity index (χ1n) is 18.2. The SMILES string of the molecule is CC(=O)O[C@@H]1CC[C@@]2(C)C(C1)C[C@@H](OC(C)=O)C1[C@@H]3CCC(C(C)CC=C(c4ccccc4)c4ccccc4)[C@@]3(C)[C@@H](OC(C)=O)C[C@@H]12. The van der Waals surface area contributed by atoms with Gasteiger partial charge in [-0.25, -0.2) is 0 Å². The molecule has 2 aromatic rings. The van der Waals surface area contributed by atoms with Gasteiger partial charge in [0.1, 0.15) is 18.3 Å². The average molecular weight is 655 g/mol. The number of ether oxygens (including phenoxy) is 3. The summed E-state index contributed by atoms with van der Waals surface area (Å²) in [5.74, 6) is 0.994. The predicted molar refractivity (Wildman–Crippen MR) is 186 cm³/mol. The number of fused-ring (bicyclic) bond motifs is 5.